The molecule has 1 unspecified atom stereocenters. The molecule has 0 aliphatic heterocycles. The number of aliphatic imine (C=N–C) groups is 1. The molecule has 0 saturated heterocycles. The Labute approximate surface area is 118 Å². The predicted octanol–water partition coefficient (Wildman–Crippen LogP) is -1.76. The molecule has 3 heteroatoms. The second-order valence-corrected chi connectivity index (χ2v) is 4.16. The minimum Gasteiger partial charge on any atom is -0.848 e. The molecule has 0 spiro atoms. The number of hydrogen-bond acceptors (Lipinski definition) is 2. The topological polar surface area (TPSA) is 35.4 Å². The van der Waals surface area contributed by atoms with Crippen LogP contribution in [0.4, 0.5) is 0 Å². The van der Waals surface area contributed by atoms with Crippen LogP contribution in [-0.4, -0.2) is 17.9 Å². The zero-order valence-corrected chi connectivity index (χ0v) is 12.2. The summed E-state index contributed by atoms with van der Waals surface area (Å²) in [4.78, 5) is 4.14. The molecular weight excluding hydrogens is 177 g/mol. The maximum absolute atomic E-state index is 11.1. The Balaban J connectivity index is 0. The van der Waals surface area contributed by atoms with Crippen LogP contribution in [-0.2, 0) is 0 Å². The van der Waals surface area contributed by atoms with Gasteiger partial charge >= 0.3 is 51.4 Å². The molecule has 2 nitrogen and oxygen atoms in total. The first kappa shape index (κ1) is 15.7. The van der Waals surface area contributed by atoms with Gasteiger partial charge in [-0.05, 0) is 27.0 Å². The summed E-state index contributed by atoms with van der Waals surface area (Å²) >= 11 is 0. The fourth-order valence-corrected chi connectivity index (χ4v) is 0.469. The molecule has 0 aromatic heterocycles. The Morgan fingerprint density at radius 1 is 1.25 bits per heavy atom. The van der Waals surface area contributed by atoms with Crippen LogP contribution in [0.25, 0.3) is 0 Å². The van der Waals surface area contributed by atoms with E-state index >= 15 is 0 Å². The van der Waals surface area contributed by atoms with Gasteiger partial charge < -0.3 is 5.11 Å². The summed E-state index contributed by atoms with van der Waals surface area (Å²) in [5, 5.41) is 11.1. The molecule has 0 rings (SSSR count). The van der Waals surface area contributed by atoms with E-state index in [1.54, 1.807) is 0 Å². The maximum atomic E-state index is 11.1. The van der Waals surface area contributed by atoms with E-state index in [2.05, 4.69) is 4.99 Å². The van der Waals surface area contributed by atoms with E-state index in [9.17, 15) is 5.11 Å². The molecule has 0 saturated carbocycles. The summed E-state index contributed by atoms with van der Waals surface area (Å²) in [6.07, 6.45) is 0.860. The predicted molar refractivity (Wildman–Crippen MR) is 46.9 cm³/mol. The van der Waals surface area contributed by atoms with Gasteiger partial charge in [0.05, 0.1) is 5.54 Å². The molecule has 1 atom stereocenters. The average Bonchev–Trinajstić information content (AvgIpc) is 1.80. The molecule has 0 amide bonds. The van der Waals surface area contributed by atoms with E-state index in [0.717, 1.165) is 0 Å². The third-order valence-electron chi connectivity index (χ3n) is 1.27. The van der Waals surface area contributed by atoms with E-state index in [1.807, 2.05) is 34.6 Å². The van der Waals surface area contributed by atoms with Crippen LogP contribution in [0.1, 0.15) is 34.6 Å². The fourth-order valence-electron chi connectivity index (χ4n) is 0.469. The van der Waals surface area contributed by atoms with E-state index in [0.29, 0.717) is 0 Å². The minimum absolute atomic E-state index is 0. The van der Waals surface area contributed by atoms with Gasteiger partial charge in [-0.15, -0.1) is 0 Å². The Morgan fingerprint density at radius 3 is 1.92 bits per heavy atom. The fraction of sp³-hybridized carbons (Fsp3) is 0.889. The molecule has 0 aromatic rings. The molecule has 0 aliphatic rings. The first-order chi connectivity index (χ1) is 4.83. The largest absolute Gasteiger partial charge is 1.00 e. The van der Waals surface area contributed by atoms with E-state index in [4.69, 9.17) is 0 Å². The molecule has 0 heterocycles. The van der Waals surface area contributed by atoms with Crippen LogP contribution in [0.2, 0.25) is 0 Å². The molecule has 0 bridgehead atoms. The summed E-state index contributed by atoms with van der Waals surface area (Å²) < 4.78 is 0. The van der Waals surface area contributed by atoms with Crippen molar-refractivity contribution in [2.45, 2.75) is 46.3 Å². The standard InChI is InChI=1S/C9H18NO.K/c1-7(2)8(11)6-10-9(3,4)5;/h6-8H,1-5H3;/q-1;+1/b10-6+;. The van der Waals surface area contributed by atoms with Crippen molar-refractivity contribution in [2.75, 3.05) is 0 Å². The van der Waals surface area contributed by atoms with E-state index < -0.39 is 6.10 Å². The van der Waals surface area contributed by atoms with Gasteiger partial charge in [0.25, 0.3) is 0 Å². The summed E-state index contributed by atoms with van der Waals surface area (Å²) in [6, 6.07) is 0. The molecule has 0 aromatic carbocycles. The summed E-state index contributed by atoms with van der Waals surface area (Å²) in [5.41, 5.74) is -0.114. The van der Waals surface area contributed by atoms with Crippen molar-refractivity contribution in [3.05, 3.63) is 0 Å². The third-order valence-corrected chi connectivity index (χ3v) is 1.27. The van der Waals surface area contributed by atoms with Gasteiger partial charge in [-0.25, -0.2) is 0 Å². The Bertz CT molecular complexity index is 138. The van der Waals surface area contributed by atoms with Gasteiger partial charge in [0.15, 0.2) is 0 Å². The van der Waals surface area contributed by atoms with Gasteiger partial charge in [-0.2, -0.15) is 0 Å². The zero-order chi connectivity index (χ0) is 9.07. The molecule has 12 heavy (non-hydrogen) atoms. The van der Waals surface area contributed by atoms with Gasteiger partial charge in [-0.3, -0.25) is 4.99 Å². The van der Waals surface area contributed by atoms with Crippen molar-refractivity contribution >= 4 is 6.21 Å². The number of hydrogen-bond donors (Lipinski definition) is 0. The van der Waals surface area contributed by atoms with Crippen LogP contribution in [0, 0.1) is 5.92 Å². The smallest absolute Gasteiger partial charge is 0.848 e. The third kappa shape index (κ3) is 9.36. The summed E-state index contributed by atoms with van der Waals surface area (Å²) in [6.45, 7) is 9.77. The second kappa shape index (κ2) is 6.68. The molecular formula is C9H18KNO. The van der Waals surface area contributed by atoms with E-state index in [-0.39, 0.29) is 62.8 Å². The number of nitrogens with zero attached hydrogens (tertiary/aromatic N) is 1. The number of rotatable bonds is 2. The zero-order valence-electron chi connectivity index (χ0n) is 9.09. The van der Waals surface area contributed by atoms with Gasteiger partial charge in [0.2, 0.25) is 0 Å². The molecule has 0 aliphatic carbocycles. The van der Waals surface area contributed by atoms with Crippen molar-refractivity contribution in [1.29, 1.82) is 0 Å². The molecule has 0 radical (unpaired) electrons. The second-order valence-electron chi connectivity index (χ2n) is 4.16. The molecule has 0 fully saturated rings. The molecule has 0 N–H and O–H groups in total. The van der Waals surface area contributed by atoms with Crippen LogP contribution < -0.4 is 56.5 Å². The monoisotopic (exact) mass is 195 g/mol. The summed E-state index contributed by atoms with van der Waals surface area (Å²) in [7, 11) is 0. The van der Waals surface area contributed by atoms with Crippen LogP contribution in [0.5, 0.6) is 0 Å². The molecule has 66 valence electrons. The van der Waals surface area contributed by atoms with Crippen molar-refractivity contribution < 1.29 is 56.5 Å². The Morgan fingerprint density at radius 2 is 1.67 bits per heavy atom. The summed E-state index contributed by atoms with van der Waals surface area (Å²) in [5.74, 6) is 0.140. The normalized spacial score (nSPS) is 14.9. The minimum atomic E-state index is -0.658. The first-order valence-electron chi connectivity index (χ1n) is 4.04. The van der Waals surface area contributed by atoms with Gasteiger partial charge in [-0.1, -0.05) is 25.9 Å². The van der Waals surface area contributed by atoms with Gasteiger partial charge in [0.1, 0.15) is 0 Å². The Kier molecular flexibility index (Phi) is 8.75. The SMILES string of the molecule is CC(C)C([O-])/C=N/C(C)(C)C.[K+]. The maximum Gasteiger partial charge on any atom is 1.00 e. The van der Waals surface area contributed by atoms with Crippen molar-refractivity contribution in [3.8, 4) is 0 Å². The van der Waals surface area contributed by atoms with Crippen molar-refractivity contribution in [1.82, 2.24) is 0 Å². The van der Waals surface area contributed by atoms with Crippen LogP contribution in [0.3, 0.4) is 0 Å². The Hall–Kier alpha value is 1.27. The van der Waals surface area contributed by atoms with Crippen LogP contribution >= 0.6 is 0 Å². The first-order valence-corrected chi connectivity index (χ1v) is 4.04. The average molecular weight is 195 g/mol. The quantitative estimate of drug-likeness (QED) is 0.380. The van der Waals surface area contributed by atoms with Crippen molar-refractivity contribution in [2.24, 2.45) is 10.9 Å². The van der Waals surface area contributed by atoms with Gasteiger partial charge in [0, 0.05) is 0 Å². The van der Waals surface area contributed by atoms with Crippen LogP contribution in [0.15, 0.2) is 4.99 Å². The van der Waals surface area contributed by atoms with E-state index in [1.165, 1.54) is 6.21 Å². The van der Waals surface area contributed by atoms with Crippen molar-refractivity contribution in [3.63, 3.8) is 0 Å².